The number of carboxylic acids is 1. The first-order valence-corrected chi connectivity index (χ1v) is 5.70. The van der Waals surface area contributed by atoms with Gasteiger partial charge in [0.05, 0.1) is 12.4 Å². The molecule has 1 aliphatic heterocycles. The van der Waals surface area contributed by atoms with E-state index in [0.717, 1.165) is 0 Å². The van der Waals surface area contributed by atoms with Crippen LogP contribution < -0.4 is 5.32 Å². The summed E-state index contributed by atoms with van der Waals surface area (Å²) in [6.07, 6.45) is 3.30. The van der Waals surface area contributed by atoms with Gasteiger partial charge in [-0.1, -0.05) is 0 Å². The van der Waals surface area contributed by atoms with Crippen LogP contribution in [0.15, 0.2) is 12.5 Å². The molecule has 7 nitrogen and oxygen atoms in total. The van der Waals surface area contributed by atoms with Crippen LogP contribution in [0.25, 0.3) is 0 Å². The number of amides is 1. The summed E-state index contributed by atoms with van der Waals surface area (Å²) in [5.74, 6) is -1.23. The van der Waals surface area contributed by atoms with Gasteiger partial charge in [0.1, 0.15) is 5.69 Å². The van der Waals surface area contributed by atoms with Crippen molar-refractivity contribution in [3.05, 3.63) is 18.2 Å². The molecule has 0 spiro atoms. The van der Waals surface area contributed by atoms with Crippen molar-refractivity contribution >= 4 is 11.9 Å². The smallest absolute Gasteiger partial charge is 0.332 e. The number of carbonyl (C=O) groups is 2. The van der Waals surface area contributed by atoms with Gasteiger partial charge < -0.3 is 19.7 Å². The van der Waals surface area contributed by atoms with E-state index in [4.69, 9.17) is 9.84 Å². The molecular formula is C11H15N3O4. The second kappa shape index (κ2) is 5.18. The zero-order chi connectivity index (χ0) is 13.1. The van der Waals surface area contributed by atoms with Gasteiger partial charge in [0.2, 0.25) is 0 Å². The Morgan fingerprint density at radius 1 is 1.61 bits per heavy atom. The molecule has 0 aliphatic carbocycles. The summed E-state index contributed by atoms with van der Waals surface area (Å²) in [6, 6.07) is 0. The molecule has 2 heterocycles. The highest BCUT2D eigenvalue weighted by Gasteiger charge is 2.30. The number of rotatable bonds is 4. The molecule has 18 heavy (non-hydrogen) atoms. The molecule has 7 heteroatoms. The minimum Gasteiger partial charge on any atom is -0.479 e. The van der Waals surface area contributed by atoms with E-state index in [9.17, 15) is 9.59 Å². The summed E-state index contributed by atoms with van der Waals surface area (Å²) >= 11 is 0. The number of nitrogens with one attached hydrogen (secondary N) is 1. The number of aryl methyl sites for hydroxylation is 1. The normalized spacial score (nSPS) is 22.9. The molecule has 0 aromatic carbocycles. The van der Waals surface area contributed by atoms with Crippen molar-refractivity contribution in [1.82, 2.24) is 14.9 Å². The van der Waals surface area contributed by atoms with Crippen molar-refractivity contribution in [3.63, 3.8) is 0 Å². The molecule has 2 N–H and O–H groups in total. The molecule has 1 fully saturated rings. The van der Waals surface area contributed by atoms with Crippen LogP contribution in [-0.4, -0.2) is 45.3 Å². The average molecular weight is 253 g/mol. The lowest BCUT2D eigenvalue weighted by Gasteiger charge is -2.11. The molecule has 1 amide bonds. The van der Waals surface area contributed by atoms with Gasteiger partial charge >= 0.3 is 5.97 Å². The Balaban J connectivity index is 1.79. The van der Waals surface area contributed by atoms with Crippen molar-refractivity contribution < 1.29 is 19.4 Å². The van der Waals surface area contributed by atoms with Crippen LogP contribution in [0.2, 0.25) is 0 Å². The molecule has 1 aromatic rings. The molecule has 1 aromatic heterocycles. The number of carbonyl (C=O) groups excluding carboxylic acids is 1. The minimum atomic E-state index is -0.950. The lowest BCUT2D eigenvalue weighted by molar-refractivity contribution is -0.149. The number of carboxylic acid groups (broad SMARTS) is 1. The summed E-state index contributed by atoms with van der Waals surface area (Å²) in [5, 5.41) is 11.4. The van der Waals surface area contributed by atoms with Crippen LogP contribution in [0.4, 0.5) is 0 Å². The van der Waals surface area contributed by atoms with Crippen LogP contribution in [0, 0.1) is 0 Å². The van der Waals surface area contributed by atoms with E-state index >= 15 is 0 Å². The SMILES string of the molecule is Cn1cnc(C(=O)NCC2CCC(C(=O)O)O2)c1. The Hall–Kier alpha value is -1.89. The first-order valence-electron chi connectivity index (χ1n) is 5.70. The molecule has 2 unspecified atom stereocenters. The molecule has 0 radical (unpaired) electrons. The van der Waals surface area contributed by atoms with Gasteiger partial charge in [-0.05, 0) is 12.8 Å². The molecule has 2 atom stereocenters. The van der Waals surface area contributed by atoms with Gasteiger partial charge in [-0.25, -0.2) is 9.78 Å². The maximum Gasteiger partial charge on any atom is 0.332 e. The molecule has 0 bridgehead atoms. The molecule has 98 valence electrons. The van der Waals surface area contributed by atoms with E-state index in [1.54, 1.807) is 24.1 Å². The van der Waals surface area contributed by atoms with Crippen molar-refractivity contribution in [3.8, 4) is 0 Å². The number of aromatic nitrogens is 2. The Kier molecular flexibility index (Phi) is 3.61. The van der Waals surface area contributed by atoms with Crippen LogP contribution in [0.3, 0.4) is 0 Å². The second-order valence-electron chi connectivity index (χ2n) is 4.30. The zero-order valence-corrected chi connectivity index (χ0v) is 10.00. The van der Waals surface area contributed by atoms with Crippen LogP contribution in [0.5, 0.6) is 0 Å². The lowest BCUT2D eigenvalue weighted by Crippen LogP contribution is -2.33. The quantitative estimate of drug-likeness (QED) is 0.774. The fourth-order valence-electron chi connectivity index (χ4n) is 1.86. The van der Waals surface area contributed by atoms with E-state index in [0.29, 0.717) is 25.1 Å². The maximum absolute atomic E-state index is 11.7. The number of hydrogen-bond donors (Lipinski definition) is 2. The zero-order valence-electron chi connectivity index (χ0n) is 10.00. The summed E-state index contributed by atoms with van der Waals surface area (Å²) in [7, 11) is 1.78. The van der Waals surface area contributed by atoms with E-state index in [2.05, 4.69) is 10.3 Å². The summed E-state index contributed by atoms with van der Waals surface area (Å²) in [4.78, 5) is 26.3. The third kappa shape index (κ3) is 2.86. The summed E-state index contributed by atoms with van der Waals surface area (Å²) in [5.41, 5.74) is 0.338. The van der Waals surface area contributed by atoms with Gasteiger partial charge in [0.25, 0.3) is 5.91 Å². The topological polar surface area (TPSA) is 93.5 Å². The standard InChI is InChI=1S/C11H15N3O4/c1-14-5-8(13-6-14)10(15)12-4-7-2-3-9(18-7)11(16)17/h5-7,9H,2-4H2,1H3,(H,12,15)(H,16,17). The second-order valence-corrected chi connectivity index (χ2v) is 4.30. The van der Waals surface area contributed by atoms with Gasteiger partial charge in [0, 0.05) is 19.8 Å². The third-order valence-corrected chi connectivity index (χ3v) is 2.81. The number of aliphatic carboxylic acids is 1. The van der Waals surface area contributed by atoms with Crippen molar-refractivity contribution in [2.24, 2.45) is 7.05 Å². The fourth-order valence-corrected chi connectivity index (χ4v) is 1.86. The van der Waals surface area contributed by atoms with Crippen molar-refractivity contribution in [1.29, 1.82) is 0 Å². The Morgan fingerprint density at radius 3 is 2.94 bits per heavy atom. The molecule has 1 aliphatic rings. The number of imidazole rings is 1. The predicted molar refractivity (Wildman–Crippen MR) is 61.1 cm³/mol. The maximum atomic E-state index is 11.7. The van der Waals surface area contributed by atoms with Crippen LogP contribution in [0.1, 0.15) is 23.3 Å². The van der Waals surface area contributed by atoms with E-state index in [1.807, 2.05) is 0 Å². The Labute approximate surface area is 104 Å². The van der Waals surface area contributed by atoms with Crippen LogP contribution >= 0.6 is 0 Å². The highest BCUT2D eigenvalue weighted by Crippen LogP contribution is 2.19. The van der Waals surface area contributed by atoms with Gasteiger partial charge in [-0.2, -0.15) is 0 Å². The summed E-state index contributed by atoms with van der Waals surface area (Å²) in [6.45, 7) is 0.305. The lowest BCUT2D eigenvalue weighted by atomic mass is 10.2. The Morgan fingerprint density at radius 2 is 2.39 bits per heavy atom. The van der Waals surface area contributed by atoms with E-state index < -0.39 is 12.1 Å². The third-order valence-electron chi connectivity index (χ3n) is 2.81. The van der Waals surface area contributed by atoms with Crippen molar-refractivity contribution in [2.75, 3.05) is 6.54 Å². The van der Waals surface area contributed by atoms with E-state index in [1.165, 1.54) is 0 Å². The van der Waals surface area contributed by atoms with Gasteiger partial charge in [-0.15, -0.1) is 0 Å². The molecule has 0 saturated carbocycles. The van der Waals surface area contributed by atoms with Crippen LogP contribution in [-0.2, 0) is 16.6 Å². The Bertz CT molecular complexity index is 457. The van der Waals surface area contributed by atoms with Gasteiger partial charge in [0.15, 0.2) is 6.10 Å². The molecule has 2 rings (SSSR count). The highest BCUT2D eigenvalue weighted by molar-refractivity contribution is 5.92. The summed E-state index contributed by atoms with van der Waals surface area (Å²) < 4.78 is 6.96. The first-order chi connectivity index (χ1) is 8.56. The largest absolute Gasteiger partial charge is 0.479 e. The average Bonchev–Trinajstić information content (AvgIpc) is 2.94. The number of nitrogens with zero attached hydrogens (tertiary/aromatic N) is 2. The highest BCUT2D eigenvalue weighted by atomic mass is 16.5. The van der Waals surface area contributed by atoms with Gasteiger partial charge in [-0.3, -0.25) is 4.79 Å². The van der Waals surface area contributed by atoms with Crippen molar-refractivity contribution in [2.45, 2.75) is 25.0 Å². The monoisotopic (exact) mass is 253 g/mol. The first kappa shape index (κ1) is 12.6. The van der Waals surface area contributed by atoms with E-state index in [-0.39, 0.29) is 12.0 Å². The molecular weight excluding hydrogens is 238 g/mol. The number of hydrogen-bond acceptors (Lipinski definition) is 4. The molecule has 1 saturated heterocycles. The minimum absolute atomic E-state index is 0.237. The fraction of sp³-hybridized carbons (Fsp3) is 0.545. The predicted octanol–water partition coefficient (Wildman–Crippen LogP) is -0.218. The number of ether oxygens (including phenoxy) is 1.